The second-order valence-electron chi connectivity index (χ2n) is 4.30. The van der Waals surface area contributed by atoms with Gasteiger partial charge in [0.1, 0.15) is 6.04 Å². The van der Waals surface area contributed by atoms with Crippen molar-refractivity contribution >= 4 is 11.7 Å². The number of para-hydroxylation sites is 1. The van der Waals surface area contributed by atoms with E-state index in [1.54, 1.807) is 6.54 Å². The number of fused-ring (bicyclic) bond motifs is 1. The normalized spacial score (nSPS) is 23.9. The minimum atomic E-state index is -1.06. The molecule has 1 heterocycles. The molecule has 1 aliphatic rings. The summed E-state index contributed by atoms with van der Waals surface area (Å²) in [6.45, 7) is 1.55. The van der Waals surface area contributed by atoms with Gasteiger partial charge < -0.3 is 21.3 Å². The van der Waals surface area contributed by atoms with Crippen LogP contribution in [0.15, 0.2) is 24.3 Å². The van der Waals surface area contributed by atoms with Crippen LogP contribution in [0.4, 0.5) is 5.69 Å². The van der Waals surface area contributed by atoms with Gasteiger partial charge in [0.25, 0.3) is 0 Å². The van der Waals surface area contributed by atoms with Crippen molar-refractivity contribution in [3.05, 3.63) is 36.4 Å². The Bertz CT molecular complexity index is 436. The predicted molar refractivity (Wildman–Crippen MR) is 63.4 cm³/mol. The van der Waals surface area contributed by atoms with E-state index in [4.69, 9.17) is 10.8 Å². The Balaban J connectivity index is 2.31. The zero-order chi connectivity index (χ0) is 12.5. The average Bonchev–Trinajstić information content (AvgIpc) is 2.69. The third-order valence-electron chi connectivity index (χ3n) is 3.15. The molecule has 1 aromatic carbocycles. The van der Waals surface area contributed by atoms with E-state index in [2.05, 4.69) is 5.32 Å². The van der Waals surface area contributed by atoms with Crippen LogP contribution >= 0.6 is 0 Å². The van der Waals surface area contributed by atoms with Gasteiger partial charge in [-0.25, -0.2) is 0 Å². The van der Waals surface area contributed by atoms with Crippen LogP contribution in [0, 0.1) is 6.54 Å². The summed E-state index contributed by atoms with van der Waals surface area (Å²) >= 11 is 0. The highest BCUT2D eigenvalue weighted by molar-refractivity contribution is 5.74. The highest BCUT2D eigenvalue weighted by Crippen LogP contribution is 2.41. The summed E-state index contributed by atoms with van der Waals surface area (Å²) in [6, 6.07) is 6.50. The molecular formula is C12H15N2O3. The maximum Gasteiger partial charge on any atom is 0.320 e. The predicted octanol–water partition coefficient (Wildman–Crippen LogP) is 0.306. The molecule has 17 heavy (non-hydrogen) atoms. The maximum absolute atomic E-state index is 10.8. The minimum absolute atomic E-state index is 0.169. The first-order valence-corrected chi connectivity index (χ1v) is 5.39. The fourth-order valence-corrected chi connectivity index (χ4v) is 2.18. The molecule has 2 atom stereocenters. The number of carbonyl (C=O) groups is 1. The molecule has 0 bridgehead atoms. The summed E-state index contributed by atoms with van der Waals surface area (Å²) in [7, 11) is 0. The second-order valence-corrected chi connectivity index (χ2v) is 4.30. The van der Waals surface area contributed by atoms with Crippen molar-refractivity contribution in [1.29, 1.82) is 0 Å². The summed E-state index contributed by atoms with van der Waals surface area (Å²) in [5.74, 6) is -1.06. The molecule has 0 fully saturated rings. The molecule has 2 rings (SSSR count). The fourth-order valence-electron chi connectivity index (χ4n) is 2.18. The number of carboxylic acid groups (broad SMARTS) is 1. The third-order valence-corrected chi connectivity index (χ3v) is 3.15. The van der Waals surface area contributed by atoms with Crippen molar-refractivity contribution in [2.45, 2.75) is 17.9 Å². The third kappa shape index (κ3) is 1.99. The smallest absolute Gasteiger partial charge is 0.320 e. The monoisotopic (exact) mass is 235 g/mol. The van der Waals surface area contributed by atoms with Crippen LogP contribution in [-0.4, -0.2) is 28.8 Å². The van der Waals surface area contributed by atoms with Gasteiger partial charge in [0.15, 0.2) is 0 Å². The van der Waals surface area contributed by atoms with E-state index in [0.717, 1.165) is 11.3 Å². The molecular weight excluding hydrogens is 220 g/mol. The van der Waals surface area contributed by atoms with E-state index in [1.807, 2.05) is 24.3 Å². The summed E-state index contributed by atoms with van der Waals surface area (Å²) in [6.07, 6.45) is 0.169. The van der Waals surface area contributed by atoms with Crippen molar-refractivity contribution in [2.75, 3.05) is 11.9 Å². The van der Waals surface area contributed by atoms with Gasteiger partial charge in [0.05, 0.1) is 13.2 Å². The lowest BCUT2D eigenvalue weighted by Gasteiger charge is -2.28. The van der Waals surface area contributed by atoms with Crippen LogP contribution in [0.2, 0.25) is 0 Å². The molecule has 1 aromatic rings. The number of hydrogen-bond donors (Lipinski definition) is 4. The lowest BCUT2D eigenvalue weighted by atomic mass is 9.78. The van der Waals surface area contributed by atoms with Gasteiger partial charge in [-0.05, 0) is 18.1 Å². The Hall–Kier alpha value is -1.59. The molecule has 0 amide bonds. The van der Waals surface area contributed by atoms with E-state index < -0.39 is 17.4 Å². The van der Waals surface area contributed by atoms with E-state index in [1.165, 1.54) is 0 Å². The molecule has 0 unspecified atom stereocenters. The molecule has 5 nitrogen and oxygen atoms in total. The first kappa shape index (κ1) is 11.9. The van der Waals surface area contributed by atoms with E-state index in [9.17, 15) is 9.90 Å². The molecule has 91 valence electrons. The zero-order valence-corrected chi connectivity index (χ0v) is 9.26. The van der Waals surface area contributed by atoms with Gasteiger partial charge in [-0.3, -0.25) is 4.79 Å². The number of nitrogens with two attached hydrogens (primary N) is 1. The summed E-state index contributed by atoms with van der Waals surface area (Å²) in [4.78, 5) is 10.8. The number of aliphatic hydroxyl groups excluding tert-OH is 1. The van der Waals surface area contributed by atoms with Gasteiger partial charge >= 0.3 is 5.97 Å². The molecule has 1 radical (unpaired) electrons. The molecule has 1 aliphatic heterocycles. The molecule has 0 spiro atoms. The number of aliphatic carboxylic acids is 1. The van der Waals surface area contributed by atoms with E-state index >= 15 is 0 Å². The Kier molecular flexibility index (Phi) is 3.04. The van der Waals surface area contributed by atoms with Crippen molar-refractivity contribution in [2.24, 2.45) is 5.73 Å². The quantitative estimate of drug-likeness (QED) is 0.602. The first-order valence-electron chi connectivity index (χ1n) is 5.39. The largest absolute Gasteiger partial charge is 0.480 e. The Morgan fingerprint density at radius 2 is 2.18 bits per heavy atom. The average molecular weight is 235 g/mol. The number of anilines is 1. The van der Waals surface area contributed by atoms with Crippen LogP contribution in [0.25, 0.3) is 0 Å². The Morgan fingerprint density at radius 3 is 2.82 bits per heavy atom. The minimum Gasteiger partial charge on any atom is -0.480 e. The Labute approximate surface area is 99.3 Å². The SMILES string of the molecule is N[C@@H](C[C@@]1(CO)[CH]Nc2ccccc21)C(=O)O. The topological polar surface area (TPSA) is 95.6 Å². The van der Waals surface area contributed by atoms with Gasteiger partial charge in [-0.15, -0.1) is 0 Å². The van der Waals surface area contributed by atoms with Crippen LogP contribution in [0.5, 0.6) is 0 Å². The van der Waals surface area contributed by atoms with Gasteiger partial charge in [0, 0.05) is 11.1 Å². The molecule has 0 saturated carbocycles. The first-order chi connectivity index (χ1) is 8.09. The van der Waals surface area contributed by atoms with Gasteiger partial charge in [0.2, 0.25) is 0 Å². The molecule has 5 heteroatoms. The zero-order valence-electron chi connectivity index (χ0n) is 9.26. The summed E-state index contributed by atoms with van der Waals surface area (Å²) < 4.78 is 0. The van der Waals surface area contributed by atoms with Crippen LogP contribution < -0.4 is 11.1 Å². The van der Waals surface area contributed by atoms with Crippen LogP contribution in [-0.2, 0) is 10.2 Å². The number of nitrogens with one attached hydrogen (secondary N) is 1. The summed E-state index contributed by atoms with van der Waals surface area (Å²) in [5.41, 5.74) is 6.62. The summed E-state index contributed by atoms with van der Waals surface area (Å²) in [5, 5.41) is 21.5. The number of aliphatic hydroxyl groups is 1. The standard InChI is InChI=1S/C12H15N2O3/c13-9(11(16)17)5-12(7-15)6-14-10-4-2-1-3-8(10)12/h1-4,6,9,14-15H,5,7,13H2,(H,16,17)/t9-,12-/m0/s1. The molecule has 5 N–H and O–H groups in total. The van der Waals surface area contributed by atoms with Crippen LogP contribution in [0.3, 0.4) is 0 Å². The van der Waals surface area contributed by atoms with E-state index in [-0.39, 0.29) is 13.0 Å². The Morgan fingerprint density at radius 1 is 1.47 bits per heavy atom. The van der Waals surface area contributed by atoms with Crippen molar-refractivity contribution < 1.29 is 15.0 Å². The highest BCUT2D eigenvalue weighted by atomic mass is 16.4. The number of carboxylic acids is 1. The maximum atomic E-state index is 10.8. The van der Waals surface area contributed by atoms with Crippen molar-refractivity contribution in [1.82, 2.24) is 0 Å². The lowest BCUT2D eigenvalue weighted by molar-refractivity contribution is -0.139. The number of rotatable bonds is 4. The fraction of sp³-hybridized carbons (Fsp3) is 0.333. The number of benzene rings is 1. The van der Waals surface area contributed by atoms with E-state index in [0.29, 0.717) is 0 Å². The molecule has 0 aromatic heterocycles. The van der Waals surface area contributed by atoms with Gasteiger partial charge in [-0.2, -0.15) is 0 Å². The van der Waals surface area contributed by atoms with Crippen molar-refractivity contribution in [3.8, 4) is 0 Å². The number of hydrogen-bond acceptors (Lipinski definition) is 4. The van der Waals surface area contributed by atoms with Crippen LogP contribution in [0.1, 0.15) is 12.0 Å². The second kappa shape index (κ2) is 4.35. The molecule has 0 aliphatic carbocycles. The highest BCUT2D eigenvalue weighted by Gasteiger charge is 2.41. The molecule has 0 saturated heterocycles. The van der Waals surface area contributed by atoms with Crippen molar-refractivity contribution in [3.63, 3.8) is 0 Å². The lowest BCUT2D eigenvalue weighted by Crippen LogP contribution is -2.41. The van der Waals surface area contributed by atoms with Gasteiger partial charge in [-0.1, -0.05) is 18.2 Å².